The van der Waals surface area contributed by atoms with Gasteiger partial charge in [0, 0.05) is 16.5 Å². The van der Waals surface area contributed by atoms with Crippen LogP contribution >= 0.6 is 11.3 Å². The minimum Gasteiger partial charge on any atom is -0.494 e. The van der Waals surface area contributed by atoms with Crippen molar-refractivity contribution in [2.45, 2.75) is 25.3 Å². The van der Waals surface area contributed by atoms with Gasteiger partial charge in [-0.3, -0.25) is 10.1 Å². The van der Waals surface area contributed by atoms with Crippen LogP contribution in [0.1, 0.15) is 27.3 Å². The van der Waals surface area contributed by atoms with Crippen LogP contribution in [-0.2, 0) is 12.8 Å². The third kappa shape index (κ3) is 2.95. The number of hydrogen-bond donors (Lipinski definition) is 2. The molecule has 1 amide bonds. The Labute approximate surface area is 131 Å². The Kier molecular flexibility index (Phi) is 4.08. The summed E-state index contributed by atoms with van der Waals surface area (Å²) in [5, 5.41) is 3.30. The zero-order valence-electron chi connectivity index (χ0n) is 12.1. The van der Waals surface area contributed by atoms with E-state index >= 15 is 0 Å². The van der Waals surface area contributed by atoms with Crippen molar-refractivity contribution in [3.63, 3.8) is 0 Å². The summed E-state index contributed by atoms with van der Waals surface area (Å²) in [5.41, 5.74) is 7.27. The molecule has 1 aliphatic carbocycles. The fourth-order valence-corrected chi connectivity index (χ4v) is 3.52. The number of fused-ring (bicyclic) bond motifs is 1. The molecule has 22 heavy (non-hydrogen) atoms. The number of benzene rings is 1. The van der Waals surface area contributed by atoms with Gasteiger partial charge in [-0.2, -0.15) is 0 Å². The molecule has 2 aromatic rings. The molecule has 0 aliphatic heterocycles. The van der Waals surface area contributed by atoms with Crippen LogP contribution in [-0.4, -0.2) is 24.0 Å². The summed E-state index contributed by atoms with van der Waals surface area (Å²) < 4.78 is 18.3. The van der Waals surface area contributed by atoms with Gasteiger partial charge < -0.3 is 10.5 Å². The smallest absolute Gasteiger partial charge is 0.257 e. The van der Waals surface area contributed by atoms with Gasteiger partial charge in [0.1, 0.15) is 0 Å². The standard InChI is InChI=1S/C15H16FN3O2S/c1-21-12-6-8(2-4-10(12)16)14(20)19-15-18-11-5-3-9(17)7-13(11)22-15/h2,4,6,9H,3,5,7,17H2,1H3,(H,18,19,20)/t9-/m0/s1. The first-order valence-electron chi connectivity index (χ1n) is 6.96. The van der Waals surface area contributed by atoms with Gasteiger partial charge in [-0.05, 0) is 37.5 Å². The van der Waals surface area contributed by atoms with Crippen LogP contribution in [0.4, 0.5) is 9.52 Å². The topological polar surface area (TPSA) is 77.2 Å². The summed E-state index contributed by atoms with van der Waals surface area (Å²) in [7, 11) is 1.36. The van der Waals surface area contributed by atoms with Crippen molar-refractivity contribution in [1.29, 1.82) is 0 Å². The second-order valence-electron chi connectivity index (χ2n) is 5.20. The molecule has 5 nitrogen and oxygen atoms in total. The first-order valence-corrected chi connectivity index (χ1v) is 7.77. The molecule has 0 fully saturated rings. The van der Waals surface area contributed by atoms with E-state index in [0.29, 0.717) is 10.7 Å². The molecular formula is C15H16FN3O2S. The Morgan fingerprint density at radius 1 is 1.55 bits per heavy atom. The number of aryl methyl sites for hydroxylation is 1. The molecule has 0 unspecified atom stereocenters. The van der Waals surface area contributed by atoms with Crippen LogP contribution in [0.25, 0.3) is 0 Å². The molecule has 3 rings (SSSR count). The highest BCUT2D eigenvalue weighted by atomic mass is 32.1. The van der Waals surface area contributed by atoms with Gasteiger partial charge in [-0.15, -0.1) is 11.3 Å². The highest BCUT2D eigenvalue weighted by Crippen LogP contribution is 2.29. The van der Waals surface area contributed by atoms with Gasteiger partial charge in [0.05, 0.1) is 12.8 Å². The minimum atomic E-state index is -0.502. The van der Waals surface area contributed by atoms with E-state index in [1.165, 1.54) is 36.6 Å². The van der Waals surface area contributed by atoms with Crippen molar-refractivity contribution in [1.82, 2.24) is 4.98 Å². The number of ether oxygens (including phenoxy) is 1. The van der Waals surface area contributed by atoms with Crippen molar-refractivity contribution >= 4 is 22.4 Å². The number of aromatic nitrogens is 1. The van der Waals surface area contributed by atoms with E-state index in [1.54, 1.807) is 0 Å². The van der Waals surface area contributed by atoms with Crippen molar-refractivity contribution < 1.29 is 13.9 Å². The minimum absolute atomic E-state index is 0.0389. The lowest BCUT2D eigenvalue weighted by Gasteiger charge is -2.15. The maximum absolute atomic E-state index is 13.4. The largest absolute Gasteiger partial charge is 0.494 e. The molecule has 1 aliphatic rings. The van der Waals surface area contributed by atoms with Crippen LogP contribution in [0.2, 0.25) is 0 Å². The highest BCUT2D eigenvalue weighted by Gasteiger charge is 2.21. The quantitative estimate of drug-likeness (QED) is 0.910. The first-order chi connectivity index (χ1) is 10.6. The van der Waals surface area contributed by atoms with Gasteiger partial charge in [0.15, 0.2) is 16.7 Å². The molecule has 116 valence electrons. The number of nitrogens with two attached hydrogens (primary N) is 1. The Morgan fingerprint density at radius 3 is 3.14 bits per heavy atom. The van der Waals surface area contributed by atoms with Crippen molar-refractivity contribution in [3.8, 4) is 5.75 Å². The maximum Gasteiger partial charge on any atom is 0.257 e. The number of nitrogens with one attached hydrogen (secondary N) is 1. The van der Waals surface area contributed by atoms with Crippen LogP contribution in [0.3, 0.4) is 0 Å². The molecular weight excluding hydrogens is 305 g/mol. The fourth-order valence-electron chi connectivity index (χ4n) is 2.42. The predicted octanol–water partition coefficient (Wildman–Crippen LogP) is 2.36. The predicted molar refractivity (Wildman–Crippen MR) is 83.0 cm³/mol. The van der Waals surface area contributed by atoms with E-state index in [2.05, 4.69) is 10.3 Å². The van der Waals surface area contributed by atoms with E-state index in [1.807, 2.05) is 0 Å². The number of carbonyl (C=O) groups excluding carboxylic acids is 1. The highest BCUT2D eigenvalue weighted by molar-refractivity contribution is 7.15. The number of carbonyl (C=O) groups is 1. The zero-order valence-corrected chi connectivity index (χ0v) is 12.9. The SMILES string of the molecule is COc1cc(C(=O)Nc2nc3c(s2)C[C@@H](N)CC3)ccc1F. The van der Waals surface area contributed by atoms with E-state index in [0.717, 1.165) is 29.8 Å². The lowest BCUT2D eigenvalue weighted by Crippen LogP contribution is -2.27. The molecule has 1 atom stereocenters. The number of nitrogens with zero attached hydrogens (tertiary/aromatic N) is 1. The summed E-state index contributed by atoms with van der Waals surface area (Å²) in [5.74, 6) is -0.802. The average Bonchev–Trinajstić information content (AvgIpc) is 2.88. The van der Waals surface area contributed by atoms with Gasteiger partial charge in [0.2, 0.25) is 0 Å². The molecule has 0 radical (unpaired) electrons. The van der Waals surface area contributed by atoms with Gasteiger partial charge >= 0.3 is 0 Å². The van der Waals surface area contributed by atoms with Gasteiger partial charge in [-0.1, -0.05) is 0 Å². The molecule has 0 saturated heterocycles. The van der Waals surface area contributed by atoms with Crippen molar-refractivity contribution in [2.75, 3.05) is 12.4 Å². The van der Waals surface area contributed by atoms with Crippen LogP contribution in [0.15, 0.2) is 18.2 Å². The van der Waals surface area contributed by atoms with E-state index in [4.69, 9.17) is 10.5 Å². The average molecular weight is 321 g/mol. The van der Waals surface area contributed by atoms with Crippen molar-refractivity contribution in [3.05, 3.63) is 40.2 Å². The normalized spacial score (nSPS) is 17.0. The van der Waals surface area contributed by atoms with E-state index in [-0.39, 0.29) is 17.7 Å². The molecule has 0 spiro atoms. The number of amides is 1. The van der Waals surface area contributed by atoms with E-state index < -0.39 is 5.82 Å². The second-order valence-corrected chi connectivity index (χ2v) is 6.28. The van der Waals surface area contributed by atoms with E-state index in [9.17, 15) is 9.18 Å². The molecule has 1 aromatic heterocycles. The lowest BCUT2D eigenvalue weighted by molar-refractivity contribution is 0.102. The molecule has 3 N–H and O–H groups in total. The summed E-state index contributed by atoms with van der Waals surface area (Å²) in [6.07, 6.45) is 2.56. The summed E-state index contributed by atoms with van der Waals surface area (Å²) in [6, 6.07) is 4.16. The number of rotatable bonds is 3. The van der Waals surface area contributed by atoms with Crippen LogP contribution in [0.5, 0.6) is 5.75 Å². The molecule has 7 heteroatoms. The lowest BCUT2D eigenvalue weighted by atomic mass is 9.99. The third-order valence-corrected chi connectivity index (χ3v) is 4.65. The van der Waals surface area contributed by atoms with Gasteiger partial charge in [0.25, 0.3) is 5.91 Å². The van der Waals surface area contributed by atoms with Gasteiger partial charge in [-0.25, -0.2) is 9.37 Å². The first kappa shape index (κ1) is 14.9. The fraction of sp³-hybridized carbons (Fsp3) is 0.333. The number of anilines is 1. The summed E-state index contributed by atoms with van der Waals surface area (Å²) in [6.45, 7) is 0. The Balaban J connectivity index is 1.77. The zero-order chi connectivity index (χ0) is 15.7. The number of thiazole rings is 1. The molecule has 0 saturated carbocycles. The maximum atomic E-state index is 13.4. The third-order valence-electron chi connectivity index (χ3n) is 3.61. The monoisotopic (exact) mass is 321 g/mol. The Hall–Kier alpha value is -1.99. The number of methoxy groups -OCH3 is 1. The second kappa shape index (κ2) is 6.02. The number of hydrogen-bond acceptors (Lipinski definition) is 5. The van der Waals surface area contributed by atoms with Crippen LogP contribution in [0, 0.1) is 5.82 Å². The molecule has 1 heterocycles. The Bertz CT molecular complexity index is 717. The Morgan fingerprint density at radius 2 is 2.36 bits per heavy atom. The summed E-state index contributed by atoms with van der Waals surface area (Å²) in [4.78, 5) is 17.8. The number of halogens is 1. The summed E-state index contributed by atoms with van der Waals surface area (Å²) >= 11 is 1.45. The molecule has 1 aromatic carbocycles. The van der Waals surface area contributed by atoms with Crippen LogP contribution < -0.4 is 15.8 Å². The molecule has 0 bridgehead atoms. The van der Waals surface area contributed by atoms with Crippen molar-refractivity contribution in [2.24, 2.45) is 5.73 Å².